The van der Waals surface area contributed by atoms with Crippen molar-refractivity contribution in [1.29, 1.82) is 0 Å². The predicted molar refractivity (Wildman–Crippen MR) is 68.5 cm³/mol. The van der Waals surface area contributed by atoms with Crippen LogP contribution in [0.15, 0.2) is 23.0 Å². The number of carbonyl (C=O) groups excluding carboxylic acids is 1. The third-order valence-corrected chi connectivity index (χ3v) is 3.21. The van der Waals surface area contributed by atoms with Crippen molar-refractivity contribution in [2.24, 2.45) is 0 Å². The summed E-state index contributed by atoms with van der Waals surface area (Å²) < 4.78 is 18.6. The summed E-state index contributed by atoms with van der Waals surface area (Å²) in [5, 5.41) is 0. The summed E-state index contributed by atoms with van der Waals surface area (Å²) in [6.07, 6.45) is 3.26. The molecular weight excluding hydrogens is 251 g/mol. The van der Waals surface area contributed by atoms with Gasteiger partial charge in [-0.1, -0.05) is 0 Å². The zero-order valence-corrected chi connectivity index (χ0v) is 10.6. The van der Waals surface area contributed by atoms with Crippen molar-refractivity contribution in [2.45, 2.75) is 25.3 Å². The Bertz CT molecular complexity index is 628. The van der Waals surface area contributed by atoms with E-state index in [0.717, 1.165) is 18.4 Å². The largest absolute Gasteiger partial charge is 0.471 e. The summed E-state index contributed by atoms with van der Waals surface area (Å²) >= 11 is 0. The summed E-state index contributed by atoms with van der Waals surface area (Å²) in [6, 6.07) is 4.73. The Labute approximate surface area is 109 Å². The van der Waals surface area contributed by atoms with Crippen molar-refractivity contribution in [3.05, 3.63) is 34.5 Å². The van der Waals surface area contributed by atoms with Crippen LogP contribution in [0, 0.1) is 5.82 Å². The smallest absolute Gasteiger partial charge is 0.326 e. The van der Waals surface area contributed by atoms with Crippen LogP contribution < -0.4 is 5.69 Å². The Hall–Kier alpha value is -2.11. The number of aromatic amines is 1. The van der Waals surface area contributed by atoms with E-state index in [1.165, 1.54) is 25.7 Å². The fourth-order valence-electron chi connectivity index (χ4n) is 2.11. The minimum absolute atomic E-state index is 0.125. The van der Waals surface area contributed by atoms with E-state index < -0.39 is 0 Å². The first-order chi connectivity index (χ1) is 9.17. The summed E-state index contributed by atoms with van der Waals surface area (Å²) in [5.74, 6) is -0.315. The molecule has 102 valence electrons. The van der Waals surface area contributed by atoms with E-state index in [9.17, 15) is 9.18 Å². The first-order valence-electron chi connectivity index (χ1n) is 6.03. The fourth-order valence-corrected chi connectivity index (χ4v) is 2.11. The van der Waals surface area contributed by atoms with Crippen LogP contribution in [-0.2, 0) is 9.53 Å². The highest BCUT2D eigenvalue weighted by atomic mass is 19.1. The number of imidazole rings is 1. The molecule has 5 nitrogen and oxygen atoms in total. The molecule has 0 unspecified atom stereocenters. The molecule has 1 heterocycles. The Morgan fingerprint density at radius 2 is 2.16 bits per heavy atom. The SMILES string of the molecule is COC=O.O=c1[nH]c2cc(F)ccc2n1C1CCC1. The van der Waals surface area contributed by atoms with Crippen LogP contribution in [0.3, 0.4) is 0 Å². The molecule has 0 spiro atoms. The van der Waals surface area contributed by atoms with Crippen LogP contribution >= 0.6 is 0 Å². The Morgan fingerprint density at radius 3 is 2.68 bits per heavy atom. The number of rotatable bonds is 2. The normalized spacial score (nSPS) is 14.4. The number of methoxy groups -OCH3 is 1. The van der Waals surface area contributed by atoms with Crippen molar-refractivity contribution in [3.63, 3.8) is 0 Å². The second-order valence-corrected chi connectivity index (χ2v) is 4.38. The van der Waals surface area contributed by atoms with Gasteiger partial charge in [-0.25, -0.2) is 9.18 Å². The van der Waals surface area contributed by atoms with E-state index >= 15 is 0 Å². The number of nitrogens with zero attached hydrogens (tertiary/aromatic N) is 1. The maximum Gasteiger partial charge on any atom is 0.326 e. The number of carbonyl (C=O) groups is 1. The molecule has 1 N–H and O–H groups in total. The lowest BCUT2D eigenvalue weighted by Gasteiger charge is -2.26. The molecule has 1 aliphatic carbocycles. The second kappa shape index (κ2) is 5.69. The molecule has 6 heteroatoms. The Morgan fingerprint density at radius 1 is 1.47 bits per heavy atom. The van der Waals surface area contributed by atoms with Crippen LogP contribution in [0.5, 0.6) is 0 Å². The molecule has 2 aromatic rings. The highest BCUT2D eigenvalue weighted by Crippen LogP contribution is 2.32. The zero-order chi connectivity index (χ0) is 13.8. The first kappa shape index (κ1) is 13.3. The summed E-state index contributed by atoms with van der Waals surface area (Å²) in [7, 11) is 1.31. The highest BCUT2D eigenvalue weighted by Gasteiger charge is 2.23. The second-order valence-electron chi connectivity index (χ2n) is 4.38. The van der Waals surface area contributed by atoms with Crippen molar-refractivity contribution in [3.8, 4) is 0 Å². The number of fused-ring (bicyclic) bond motifs is 1. The van der Waals surface area contributed by atoms with E-state index in [0.29, 0.717) is 18.0 Å². The molecule has 1 aromatic heterocycles. The number of hydrogen-bond acceptors (Lipinski definition) is 3. The van der Waals surface area contributed by atoms with Crippen LogP contribution in [-0.4, -0.2) is 23.1 Å². The number of hydrogen-bond donors (Lipinski definition) is 1. The standard InChI is InChI=1S/C11H11FN2O.C2H4O2/c12-7-4-5-10-9(6-7)13-11(15)14(10)8-2-1-3-8;1-4-2-3/h4-6,8H,1-3H2,(H,13,15);2H,1H3. The van der Waals surface area contributed by atoms with Crippen LogP contribution in [0.25, 0.3) is 11.0 Å². The van der Waals surface area contributed by atoms with Gasteiger partial charge >= 0.3 is 5.69 Å². The number of benzene rings is 1. The number of aromatic nitrogens is 2. The van der Waals surface area contributed by atoms with Gasteiger partial charge in [0.25, 0.3) is 6.47 Å². The zero-order valence-electron chi connectivity index (χ0n) is 10.6. The minimum atomic E-state index is -0.315. The Balaban J connectivity index is 0.000000297. The van der Waals surface area contributed by atoms with Gasteiger partial charge in [0.2, 0.25) is 0 Å². The number of nitrogens with one attached hydrogen (secondary N) is 1. The minimum Gasteiger partial charge on any atom is -0.471 e. The maximum atomic E-state index is 12.9. The van der Waals surface area contributed by atoms with Gasteiger partial charge in [0, 0.05) is 6.04 Å². The monoisotopic (exact) mass is 266 g/mol. The Kier molecular flexibility index (Phi) is 3.99. The third-order valence-electron chi connectivity index (χ3n) is 3.21. The molecule has 1 aliphatic rings. The van der Waals surface area contributed by atoms with E-state index in [4.69, 9.17) is 4.79 Å². The van der Waals surface area contributed by atoms with Gasteiger partial charge in [-0.3, -0.25) is 9.36 Å². The molecule has 0 atom stereocenters. The summed E-state index contributed by atoms with van der Waals surface area (Å²) in [6.45, 7) is 0.375. The lowest BCUT2D eigenvalue weighted by atomic mass is 9.93. The molecule has 1 fully saturated rings. The van der Waals surface area contributed by atoms with Gasteiger partial charge in [-0.2, -0.15) is 0 Å². The number of H-pyrrole nitrogens is 1. The number of halogens is 1. The van der Waals surface area contributed by atoms with Crippen molar-refractivity contribution in [1.82, 2.24) is 9.55 Å². The van der Waals surface area contributed by atoms with Crippen molar-refractivity contribution in [2.75, 3.05) is 7.11 Å². The molecular formula is C13H15FN2O3. The van der Waals surface area contributed by atoms with Gasteiger partial charge in [0.05, 0.1) is 18.1 Å². The maximum absolute atomic E-state index is 12.9. The van der Waals surface area contributed by atoms with Gasteiger partial charge in [0.15, 0.2) is 0 Å². The predicted octanol–water partition coefficient (Wildman–Crippen LogP) is 1.98. The van der Waals surface area contributed by atoms with E-state index in [1.807, 2.05) is 0 Å². The van der Waals surface area contributed by atoms with E-state index in [1.54, 1.807) is 10.6 Å². The van der Waals surface area contributed by atoms with Crippen LogP contribution in [0.2, 0.25) is 0 Å². The molecule has 3 rings (SSSR count). The van der Waals surface area contributed by atoms with Crippen molar-refractivity contribution >= 4 is 17.5 Å². The lowest BCUT2D eigenvalue weighted by molar-refractivity contribution is -0.126. The third kappa shape index (κ3) is 2.67. The molecule has 0 saturated heterocycles. The topological polar surface area (TPSA) is 64.1 Å². The number of ether oxygens (including phenoxy) is 1. The summed E-state index contributed by atoms with van der Waals surface area (Å²) in [4.78, 5) is 23.3. The van der Waals surface area contributed by atoms with Crippen molar-refractivity contribution < 1.29 is 13.9 Å². The van der Waals surface area contributed by atoms with Crippen LogP contribution in [0.4, 0.5) is 4.39 Å². The van der Waals surface area contributed by atoms with Crippen LogP contribution in [0.1, 0.15) is 25.3 Å². The van der Waals surface area contributed by atoms with Gasteiger partial charge in [-0.05, 0) is 37.5 Å². The summed E-state index contributed by atoms with van der Waals surface area (Å²) in [5.41, 5.74) is 1.28. The molecule has 0 radical (unpaired) electrons. The average Bonchev–Trinajstić information content (AvgIpc) is 2.64. The fraction of sp³-hybridized carbons (Fsp3) is 0.385. The molecule has 1 aromatic carbocycles. The van der Waals surface area contributed by atoms with Gasteiger partial charge in [0.1, 0.15) is 5.82 Å². The van der Waals surface area contributed by atoms with Gasteiger partial charge in [-0.15, -0.1) is 0 Å². The first-order valence-corrected chi connectivity index (χ1v) is 6.03. The molecule has 0 amide bonds. The molecule has 0 bridgehead atoms. The van der Waals surface area contributed by atoms with Gasteiger partial charge < -0.3 is 9.72 Å². The highest BCUT2D eigenvalue weighted by molar-refractivity contribution is 5.75. The molecule has 0 aliphatic heterocycles. The quantitative estimate of drug-likeness (QED) is 0.845. The molecule has 1 saturated carbocycles. The van der Waals surface area contributed by atoms with E-state index in [-0.39, 0.29) is 11.5 Å². The van der Waals surface area contributed by atoms with E-state index in [2.05, 4.69) is 9.72 Å². The lowest BCUT2D eigenvalue weighted by Crippen LogP contribution is -2.26. The molecule has 19 heavy (non-hydrogen) atoms. The average molecular weight is 266 g/mol.